The fraction of sp³-hybridized carbons (Fsp3) is 0. The van der Waals surface area contributed by atoms with Gasteiger partial charge in [-0.1, -0.05) is 18.2 Å². The number of fused-ring (bicyclic) bond motifs is 1. The Morgan fingerprint density at radius 2 is 1.66 bits per heavy atom. The molecule has 0 spiro atoms. The van der Waals surface area contributed by atoms with Crippen molar-refractivity contribution in [3.8, 4) is 11.3 Å². The van der Waals surface area contributed by atoms with Gasteiger partial charge < -0.3 is 11.1 Å². The minimum absolute atomic E-state index is 0.206. The van der Waals surface area contributed by atoms with Gasteiger partial charge in [0.05, 0.1) is 10.6 Å². The summed E-state index contributed by atoms with van der Waals surface area (Å²) >= 11 is 0. The van der Waals surface area contributed by atoms with Crippen molar-refractivity contribution in [2.24, 2.45) is 0 Å². The highest BCUT2D eigenvalue weighted by Crippen LogP contribution is 2.26. The molecule has 8 nitrogen and oxygen atoms in total. The summed E-state index contributed by atoms with van der Waals surface area (Å²) < 4.78 is 27.2. The third-order valence-corrected chi connectivity index (χ3v) is 6.62. The maximum Gasteiger partial charge on any atom is 0.269 e. The fourth-order valence-electron chi connectivity index (χ4n) is 3.34. The molecule has 32 heavy (non-hydrogen) atoms. The molecule has 0 aliphatic heterocycles. The van der Waals surface area contributed by atoms with Crippen LogP contribution in [0.5, 0.6) is 0 Å². The molecule has 9 heteroatoms. The highest BCUT2D eigenvalue weighted by atomic mass is 32.2. The van der Waals surface area contributed by atoms with Crippen molar-refractivity contribution in [2.75, 3.05) is 11.1 Å². The first-order valence-electron chi connectivity index (χ1n) is 9.73. The molecule has 0 radical (unpaired) electrons. The summed E-state index contributed by atoms with van der Waals surface area (Å²) in [6, 6.07) is 21.0. The SMILES string of the molecule is Nc1ccc(Nc2cc(-c3cnc4c(ccn4S(=O)(=O)c4ccccc4)c3)ncn2)cc1. The van der Waals surface area contributed by atoms with Crippen LogP contribution in [-0.4, -0.2) is 27.3 Å². The number of nitrogens with zero attached hydrogens (tertiary/aromatic N) is 4. The van der Waals surface area contributed by atoms with Crippen molar-refractivity contribution in [3.05, 3.63) is 91.5 Å². The fourth-order valence-corrected chi connectivity index (χ4v) is 4.67. The van der Waals surface area contributed by atoms with Crippen LogP contribution >= 0.6 is 0 Å². The van der Waals surface area contributed by atoms with Crippen molar-refractivity contribution >= 4 is 38.2 Å². The molecule has 3 aromatic heterocycles. The van der Waals surface area contributed by atoms with Gasteiger partial charge in [-0.05, 0) is 48.5 Å². The number of nitrogens with two attached hydrogens (primary N) is 1. The number of anilines is 3. The van der Waals surface area contributed by atoms with Crippen molar-refractivity contribution in [3.63, 3.8) is 0 Å². The minimum atomic E-state index is -3.73. The summed E-state index contributed by atoms with van der Waals surface area (Å²) in [6.07, 6.45) is 4.58. The molecule has 158 valence electrons. The number of benzene rings is 2. The first-order chi connectivity index (χ1) is 15.5. The summed E-state index contributed by atoms with van der Waals surface area (Å²) in [6.45, 7) is 0. The van der Waals surface area contributed by atoms with Gasteiger partial charge >= 0.3 is 0 Å². The summed E-state index contributed by atoms with van der Waals surface area (Å²) in [5.41, 5.74) is 9.01. The topological polar surface area (TPSA) is 116 Å². The molecule has 0 aliphatic carbocycles. The Kier molecular flexibility index (Phi) is 4.79. The predicted octanol–water partition coefficient (Wildman–Crippen LogP) is 4.06. The van der Waals surface area contributed by atoms with Gasteiger partial charge in [-0.2, -0.15) is 0 Å². The van der Waals surface area contributed by atoms with E-state index >= 15 is 0 Å². The first-order valence-corrected chi connectivity index (χ1v) is 11.2. The van der Waals surface area contributed by atoms with Gasteiger partial charge in [0.2, 0.25) is 0 Å². The van der Waals surface area contributed by atoms with Crippen LogP contribution in [0.1, 0.15) is 0 Å². The molecule has 5 rings (SSSR count). The molecule has 0 bridgehead atoms. The van der Waals surface area contributed by atoms with Crippen molar-refractivity contribution in [1.82, 2.24) is 18.9 Å². The average molecular weight is 443 g/mol. The molecule has 0 aliphatic rings. The molecular formula is C23H18N6O2S. The van der Waals surface area contributed by atoms with Gasteiger partial charge in [0, 0.05) is 40.8 Å². The summed E-state index contributed by atoms with van der Waals surface area (Å²) in [4.78, 5) is 13.2. The Morgan fingerprint density at radius 1 is 0.875 bits per heavy atom. The zero-order valence-corrected chi connectivity index (χ0v) is 17.6. The smallest absolute Gasteiger partial charge is 0.269 e. The number of hydrogen-bond acceptors (Lipinski definition) is 7. The largest absolute Gasteiger partial charge is 0.399 e. The van der Waals surface area contributed by atoms with Crippen LogP contribution in [0.2, 0.25) is 0 Å². The lowest BCUT2D eigenvalue weighted by Crippen LogP contribution is -2.12. The van der Waals surface area contributed by atoms with Crippen LogP contribution in [0.3, 0.4) is 0 Å². The molecule has 3 N–H and O–H groups in total. The number of rotatable bonds is 5. The van der Waals surface area contributed by atoms with E-state index in [9.17, 15) is 8.42 Å². The van der Waals surface area contributed by atoms with Gasteiger partial charge in [0.1, 0.15) is 12.1 Å². The average Bonchev–Trinajstić information content (AvgIpc) is 3.26. The zero-order valence-electron chi connectivity index (χ0n) is 16.8. The summed E-state index contributed by atoms with van der Waals surface area (Å²) in [7, 11) is -3.73. The summed E-state index contributed by atoms with van der Waals surface area (Å²) in [5.74, 6) is 0.615. The second-order valence-electron chi connectivity index (χ2n) is 7.10. The summed E-state index contributed by atoms with van der Waals surface area (Å²) in [5, 5.41) is 3.90. The lowest BCUT2D eigenvalue weighted by atomic mass is 10.1. The van der Waals surface area contributed by atoms with E-state index in [-0.39, 0.29) is 4.90 Å². The zero-order chi connectivity index (χ0) is 22.1. The Hall–Kier alpha value is -4.24. The van der Waals surface area contributed by atoms with Crippen molar-refractivity contribution in [1.29, 1.82) is 0 Å². The van der Waals surface area contributed by atoms with Gasteiger partial charge in [-0.25, -0.2) is 27.3 Å². The third-order valence-electron chi connectivity index (χ3n) is 4.94. The van der Waals surface area contributed by atoms with E-state index in [2.05, 4.69) is 20.3 Å². The molecule has 0 amide bonds. The van der Waals surface area contributed by atoms with E-state index in [1.54, 1.807) is 60.8 Å². The standard InChI is InChI=1S/C23H18N6O2S/c24-18-6-8-19(9-7-18)28-22-13-21(26-15-27-22)17-12-16-10-11-29(23(16)25-14-17)32(30,31)20-4-2-1-3-5-20/h1-15H,24H2,(H,26,27,28). The van der Waals surface area contributed by atoms with E-state index in [4.69, 9.17) is 5.73 Å². The number of nitrogen functional groups attached to an aromatic ring is 1. The molecule has 2 aromatic carbocycles. The maximum absolute atomic E-state index is 13.0. The van der Waals surface area contributed by atoms with E-state index < -0.39 is 10.0 Å². The van der Waals surface area contributed by atoms with E-state index in [0.717, 1.165) is 11.3 Å². The van der Waals surface area contributed by atoms with E-state index in [1.807, 2.05) is 18.2 Å². The van der Waals surface area contributed by atoms with E-state index in [0.29, 0.717) is 28.2 Å². The minimum Gasteiger partial charge on any atom is -0.399 e. The Labute approximate surface area is 184 Å². The second kappa shape index (κ2) is 7.78. The maximum atomic E-state index is 13.0. The van der Waals surface area contributed by atoms with Crippen LogP contribution in [0, 0.1) is 0 Å². The quantitative estimate of drug-likeness (QED) is 0.394. The molecular weight excluding hydrogens is 424 g/mol. The van der Waals surface area contributed by atoms with Crippen LogP contribution in [-0.2, 0) is 10.0 Å². The molecule has 3 heterocycles. The van der Waals surface area contributed by atoms with Crippen LogP contribution in [0.4, 0.5) is 17.2 Å². The third kappa shape index (κ3) is 3.65. The Balaban J connectivity index is 1.48. The molecule has 5 aromatic rings. The Morgan fingerprint density at radius 3 is 2.44 bits per heavy atom. The van der Waals surface area contributed by atoms with Crippen LogP contribution in [0.15, 0.2) is 96.4 Å². The van der Waals surface area contributed by atoms with Gasteiger partial charge in [-0.3, -0.25) is 0 Å². The number of pyridine rings is 1. The molecule has 0 fully saturated rings. The highest BCUT2D eigenvalue weighted by molar-refractivity contribution is 7.90. The highest BCUT2D eigenvalue weighted by Gasteiger charge is 2.19. The van der Waals surface area contributed by atoms with Gasteiger partial charge in [0.25, 0.3) is 10.0 Å². The predicted molar refractivity (Wildman–Crippen MR) is 124 cm³/mol. The molecule has 0 atom stereocenters. The van der Waals surface area contributed by atoms with Crippen molar-refractivity contribution in [2.45, 2.75) is 4.90 Å². The lowest BCUT2D eigenvalue weighted by Gasteiger charge is -2.08. The van der Waals surface area contributed by atoms with Crippen molar-refractivity contribution < 1.29 is 8.42 Å². The number of hydrogen-bond donors (Lipinski definition) is 2. The molecule has 0 unspecified atom stereocenters. The van der Waals surface area contributed by atoms with Crippen LogP contribution < -0.4 is 11.1 Å². The van der Waals surface area contributed by atoms with Crippen LogP contribution in [0.25, 0.3) is 22.3 Å². The number of nitrogens with one attached hydrogen (secondary N) is 1. The lowest BCUT2D eigenvalue weighted by molar-refractivity contribution is 0.589. The Bertz CT molecular complexity index is 1510. The van der Waals surface area contributed by atoms with Gasteiger partial charge in [0.15, 0.2) is 5.65 Å². The first kappa shape index (κ1) is 19.7. The van der Waals surface area contributed by atoms with E-state index in [1.165, 1.54) is 16.5 Å². The molecule has 0 saturated carbocycles. The number of aromatic nitrogens is 4. The monoisotopic (exact) mass is 442 g/mol. The van der Waals surface area contributed by atoms with Gasteiger partial charge in [-0.15, -0.1) is 0 Å². The molecule has 0 saturated heterocycles. The second-order valence-corrected chi connectivity index (χ2v) is 8.92. The normalized spacial score (nSPS) is 11.5.